The van der Waals surface area contributed by atoms with Crippen molar-refractivity contribution >= 4 is 0 Å². The Kier molecular flexibility index (Phi) is 3.55. The van der Waals surface area contributed by atoms with Crippen molar-refractivity contribution in [3.63, 3.8) is 0 Å². The highest BCUT2D eigenvalue weighted by atomic mass is 16.6. The molecule has 2 bridgehead atoms. The van der Waals surface area contributed by atoms with Gasteiger partial charge in [0.2, 0.25) is 0 Å². The van der Waals surface area contributed by atoms with E-state index >= 15 is 0 Å². The third kappa shape index (κ3) is 2.59. The Bertz CT molecular complexity index is 463. The van der Waals surface area contributed by atoms with Crippen molar-refractivity contribution in [1.82, 2.24) is 9.97 Å². The summed E-state index contributed by atoms with van der Waals surface area (Å²) in [5.74, 6) is 1.39. The molecule has 2 saturated heterocycles. The highest BCUT2D eigenvalue weighted by Crippen LogP contribution is 2.48. The topological polar surface area (TPSA) is 44.2 Å². The summed E-state index contributed by atoms with van der Waals surface area (Å²) in [6.07, 6.45) is 8.22. The SMILES string of the molecule is CC1(C)OC2(C)CCC1CCC2OCc1ncccn1. The summed E-state index contributed by atoms with van der Waals surface area (Å²) in [6.45, 7) is 7.11. The van der Waals surface area contributed by atoms with Gasteiger partial charge in [-0.3, -0.25) is 0 Å². The van der Waals surface area contributed by atoms with E-state index in [0.717, 1.165) is 18.7 Å². The van der Waals surface area contributed by atoms with E-state index in [4.69, 9.17) is 9.47 Å². The van der Waals surface area contributed by atoms with Crippen molar-refractivity contribution in [2.75, 3.05) is 0 Å². The largest absolute Gasteiger partial charge is 0.367 e. The molecular weight excluding hydrogens is 252 g/mol. The zero-order valence-corrected chi connectivity index (χ0v) is 12.6. The highest BCUT2D eigenvalue weighted by molar-refractivity contribution is 5.00. The van der Waals surface area contributed by atoms with Crippen LogP contribution in [0.1, 0.15) is 52.3 Å². The first kappa shape index (κ1) is 14.0. The normalized spacial score (nSPS) is 35.8. The van der Waals surface area contributed by atoms with Gasteiger partial charge >= 0.3 is 0 Å². The molecule has 4 heteroatoms. The maximum absolute atomic E-state index is 6.42. The first-order valence-corrected chi connectivity index (χ1v) is 7.57. The molecule has 3 fully saturated rings. The van der Waals surface area contributed by atoms with Gasteiger partial charge in [0.25, 0.3) is 0 Å². The maximum atomic E-state index is 6.42. The van der Waals surface area contributed by atoms with Gasteiger partial charge in [0.15, 0.2) is 5.82 Å². The van der Waals surface area contributed by atoms with Crippen LogP contribution in [0.3, 0.4) is 0 Å². The summed E-state index contributed by atoms with van der Waals surface area (Å²) >= 11 is 0. The second kappa shape index (κ2) is 5.08. The molecule has 0 N–H and O–H groups in total. The van der Waals surface area contributed by atoms with Gasteiger partial charge in [-0.2, -0.15) is 0 Å². The summed E-state index contributed by atoms with van der Waals surface area (Å²) in [5, 5.41) is 0. The van der Waals surface area contributed by atoms with E-state index in [0.29, 0.717) is 12.5 Å². The summed E-state index contributed by atoms with van der Waals surface area (Å²) in [7, 11) is 0. The first-order chi connectivity index (χ1) is 9.50. The molecule has 0 amide bonds. The number of aromatic nitrogens is 2. The Morgan fingerprint density at radius 2 is 1.95 bits per heavy atom. The Balaban J connectivity index is 1.71. The smallest absolute Gasteiger partial charge is 0.153 e. The molecule has 1 aliphatic carbocycles. The molecule has 0 spiro atoms. The summed E-state index contributed by atoms with van der Waals surface area (Å²) in [6, 6.07) is 1.82. The van der Waals surface area contributed by atoms with Crippen LogP contribution >= 0.6 is 0 Å². The molecule has 0 aromatic carbocycles. The summed E-state index contributed by atoms with van der Waals surface area (Å²) in [5.41, 5.74) is -0.209. The van der Waals surface area contributed by atoms with Crippen LogP contribution in [0.5, 0.6) is 0 Å². The van der Waals surface area contributed by atoms with Crippen LogP contribution in [-0.4, -0.2) is 27.3 Å². The van der Waals surface area contributed by atoms with E-state index in [-0.39, 0.29) is 17.3 Å². The van der Waals surface area contributed by atoms with Crippen molar-refractivity contribution in [3.8, 4) is 0 Å². The lowest BCUT2D eigenvalue weighted by atomic mass is 9.80. The lowest BCUT2D eigenvalue weighted by Crippen LogP contribution is -2.52. The molecule has 4 nitrogen and oxygen atoms in total. The molecule has 1 aromatic rings. The van der Waals surface area contributed by atoms with E-state index in [2.05, 4.69) is 30.7 Å². The van der Waals surface area contributed by atoms with E-state index < -0.39 is 0 Å². The van der Waals surface area contributed by atoms with E-state index in [1.165, 1.54) is 12.8 Å². The van der Waals surface area contributed by atoms with Gasteiger partial charge in [-0.05, 0) is 58.4 Å². The number of ether oxygens (including phenoxy) is 2. The van der Waals surface area contributed by atoms with Crippen molar-refractivity contribution in [3.05, 3.63) is 24.3 Å². The fourth-order valence-electron chi connectivity index (χ4n) is 3.76. The minimum atomic E-state index is -0.175. The second-order valence-electron chi connectivity index (χ2n) is 6.80. The predicted octanol–water partition coefficient (Wildman–Crippen LogP) is 3.12. The molecule has 1 aromatic heterocycles. The van der Waals surface area contributed by atoms with Crippen LogP contribution in [0.25, 0.3) is 0 Å². The lowest BCUT2D eigenvalue weighted by molar-refractivity contribution is -0.223. The Morgan fingerprint density at radius 1 is 1.20 bits per heavy atom. The molecule has 4 rings (SSSR count). The van der Waals surface area contributed by atoms with Gasteiger partial charge in [-0.25, -0.2) is 9.97 Å². The Hall–Kier alpha value is -1.00. The van der Waals surface area contributed by atoms with Crippen molar-refractivity contribution in [2.24, 2.45) is 5.92 Å². The zero-order valence-electron chi connectivity index (χ0n) is 12.6. The van der Waals surface area contributed by atoms with E-state index in [1.54, 1.807) is 12.4 Å². The van der Waals surface area contributed by atoms with Gasteiger partial charge in [0.05, 0.1) is 17.3 Å². The molecule has 3 unspecified atom stereocenters. The monoisotopic (exact) mass is 276 g/mol. The second-order valence-corrected chi connectivity index (χ2v) is 6.80. The van der Waals surface area contributed by atoms with Crippen LogP contribution in [0, 0.1) is 5.92 Å². The number of hydrogen-bond donors (Lipinski definition) is 0. The molecule has 110 valence electrons. The number of nitrogens with zero attached hydrogens (tertiary/aromatic N) is 2. The van der Waals surface area contributed by atoms with Gasteiger partial charge in [-0.15, -0.1) is 0 Å². The summed E-state index contributed by atoms with van der Waals surface area (Å²) in [4.78, 5) is 8.44. The van der Waals surface area contributed by atoms with E-state index in [1.807, 2.05) is 6.07 Å². The average Bonchev–Trinajstić information content (AvgIpc) is 2.61. The van der Waals surface area contributed by atoms with Crippen molar-refractivity contribution in [1.29, 1.82) is 0 Å². The van der Waals surface area contributed by atoms with Crippen LogP contribution in [0.2, 0.25) is 0 Å². The van der Waals surface area contributed by atoms with Crippen LogP contribution < -0.4 is 0 Å². The van der Waals surface area contributed by atoms with Gasteiger partial charge in [0.1, 0.15) is 6.61 Å². The van der Waals surface area contributed by atoms with Crippen molar-refractivity contribution in [2.45, 2.75) is 70.4 Å². The van der Waals surface area contributed by atoms with Gasteiger partial charge in [-0.1, -0.05) is 0 Å². The first-order valence-electron chi connectivity index (χ1n) is 7.57. The minimum Gasteiger partial charge on any atom is -0.367 e. The highest BCUT2D eigenvalue weighted by Gasteiger charge is 2.51. The average molecular weight is 276 g/mol. The molecule has 3 aliphatic rings. The van der Waals surface area contributed by atoms with Crippen molar-refractivity contribution < 1.29 is 9.47 Å². The summed E-state index contributed by atoms with van der Waals surface area (Å²) < 4.78 is 12.5. The molecule has 1 saturated carbocycles. The number of rotatable bonds is 3. The number of hydrogen-bond acceptors (Lipinski definition) is 4. The van der Waals surface area contributed by atoms with Crippen LogP contribution in [-0.2, 0) is 16.1 Å². The third-order valence-electron chi connectivity index (χ3n) is 4.96. The molecular formula is C16H24N2O2. The standard InChI is InChI=1S/C16H24N2O2/c1-15(2)12-5-6-13(16(3,20-15)8-7-12)19-11-14-17-9-4-10-18-14/h4,9-10,12-13H,5-8,11H2,1-3H3. The van der Waals surface area contributed by atoms with E-state index in [9.17, 15) is 0 Å². The molecule has 3 atom stereocenters. The van der Waals surface area contributed by atoms with Gasteiger partial charge in [0, 0.05) is 12.4 Å². The molecule has 0 radical (unpaired) electrons. The Morgan fingerprint density at radius 3 is 2.65 bits per heavy atom. The zero-order chi connectivity index (χ0) is 14.2. The predicted molar refractivity (Wildman–Crippen MR) is 76.1 cm³/mol. The quantitative estimate of drug-likeness (QED) is 0.851. The number of fused-ring (bicyclic) bond motifs is 4. The lowest BCUT2D eigenvalue weighted by Gasteiger charge is -2.47. The Labute approximate surface area is 120 Å². The third-order valence-corrected chi connectivity index (χ3v) is 4.96. The maximum Gasteiger partial charge on any atom is 0.153 e. The molecule has 2 aliphatic heterocycles. The van der Waals surface area contributed by atoms with Gasteiger partial charge < -0.3 is 9.47 Å². The van der Waals surface area contributed by atoms with Crippen LogP contribution in [0.15, 0.2) is 18.5 Å². The van der Waals surface area contributed by atoms with Crippen LogP contribution in [0.4, 0.5) is 0 Å². The minimum absolute atomic E-state index is 0.0334. The molecule has 20 heavy (non-hydrogen) atoms. The fourth-order valence-corrected chi connectivity index (χ4v) is 3.76. The fraction of sp³-hybridized carbons (Fsp3) is 0.750. The molecule has 3 heterocycles.